The summed E-state index contributed by atoms with van der Waals surface area (Å²) < 4.78 is 10.8. The number of nitrogens with one attached hydrogen (secondary N) is 2. The first-order valence-corrected chi connectivity index (χ1v) is 9.53. The van der Waals surface area contributed by atoms with E-state index in [-0.39, 0.29) is 6.04 Å². The van der Waals surface area contributed by atoms with Gasteiger partial charge in [-0.05, 0) is 44.8 Å². The Morgan fingerprint density at radius 1 is 1.04 bits per heavy atom. The Morgan fingerprint density at radius 2 is 1.82 bits per heavy atom. The van der Waals surface area contributed by atoms with Crippen LogP contribution in [0.1, 0.15) is 24.1 Å². The minimum Gasteiger partial charge on any atom is -0.497 e. The molecule has 0 bridgehead atoms. The lowest BCUT2D eigenvalue weighted by Crippen LogP contribution is -2.41. The van der Waals surface area contributed by atoms with Gasteiger partial charge in [0.05, 0.1) is 26.8 Å². The summed E-state index contributed by atoms with van der Waals surface area (Å²) in [6.07, 6.45) is 0. The molecule has 0 spiro atoms. The molecule has 0 saturated heterocycles. The molecule has 0 saturated carbocycles. The van der Waals surface area contributed by atoms with Crippen molar-refractivity contribution < 1.29 is 9.47 Å². The molecule has 152 valence electrons. The molecule has 0 radical (unpaired) electrons. The van der Waals surface area contributed by atoms with E-state index in [1.54, 1.807) is 14.2 Å². The van der Waals surface area contributed by atoms with Crippen molar-refractivity contribution in [2.45, 2.75) is 19.5 Å². The molecule has 0 heterocycles. The molecule has 28 heavy (non-hydrogen) atoms. The quantitative estimate of drug-likeness (QED) is 0.514. The Kier molecular flexibility index (Phi) is 8.62. The van der Waals surface area contributed by atoms with E-state index in [0.717, 1.165) is 36.1 Å². The van der Waals surface area contributed by atoms with Gasteiger partial charge in [-0.25, -0.2) is 4.99 Å². The predicted octanol–water partition coefficient (Wildman–Crippen LogP) is 3.06. The number of ether oxygens (including phenoxy) is 2. The molecule has 0 fully saturated rings. The smallest absolute Gasteiger partial charge is 0.191 e. The van der Waals surface area contributed by atoms with Crippen molar-refractivity contribution in [1.29, 1.82) is 0 Å². The fraction of sp³-hybridized carbons (Fsp3) is 0.409. The standard InChI is InChI=1S/C22H32N4O2/c1-6-23-22(24-15-18-10-7-8-13-21(18)28-5)25-16-20(26(2)3)17-11-9-12-19(14-17)27-4/h7-14,20H,6,15-16H2,1-5H3,(H2,23,24,25). The Balaban J connectivity index is 2.11. The molecular weight excluding hydrogens is 352 g/mol. The highest BCUT2D eigenvalue weighted by Gasteiger charge is 2.15. The number of para-hydroxylation sites is 1. The second-order valence-corrected chi connectivity index (χ2v) is 6.64. The van der Waals surface area contributed by atoms with Crippen LogP contribution >= 0.6 is 0 Å². The van der Waals surface area contributed by atoms with Crippen LogP contribution in [0.2, 0.25) is 0 Å². The molecule has 0 amide bonds. The lowest BCUT2D eigenvalue weighted by atomic mass is 10.1. The van der Waals surface area contributed by atoms with E-state index in [0.29, 0.717) is 6.54 Å². The molecule has 0 aliphatic rings. The lowest BCUT2D eigenvalue weighted by Gasteiger charge is -2.26. The third kappa shape index (κ3) is 6.16. The zero-order chi connectivity index (χ0) is 20.4. The summed E-state index contributed by atoms with van der Waals surface area (Å²) in [5.74, 6) is 2.49. The van der Waals surface area contributed by atoms with E-state index in [4.69, 9.17) is 14.5 Å². The first kappa shape index (κ1) is 21.6. The van der Waals surface area contributed by atoms with Crippen LogP contribution in [0, 0.1) is 0 Å². The zero-order valence-electron chi connectivity index (χ0n) is 17.5. The van der Waals surface area contributed by atoms with Crippen molar-refractivity contribution in [3.05, 3.63) is 59.7 Å². The van der Waals surface area contributed by atoms with Crippen LogP contribution in [0.25, 0.3) is 0 Å². The van der Waals surface area contributed by atoms with Crippen LogP contribution in [0.3, 0.4) is 0 Å². The fourth-order valence-corrected chi connectivity index (χ4v) is 2.98. The second kappa shape index (κ2) is 11.2. The molecule has 6 nitrogen and oxygen atoms in total. The Bertz CT molecular complexity index is 762. The van der Waals surface area contributed by atoms with Crippen molar-refractivity contribution in [3.8, 4) is 11.5 Å². The summed E-state index contributed by atoms with van der Waals surface area (Å²) in [7, 11) is 7.52. The highest BCUT2D eigenvalue weighted by molar-refractivity contribution is 5.79. The average molecular weight is 385 g/mol. The predicted molar refractivity (Wildman–Crippen MR) is 115 cm³/mol. The third-order valence-corrected chi connectivity index (χ3v) is 4.51. The van der Waals surface area contributed by atoms with Crippen LogP contribution in [0.5, 0.6) is 11.5 Å². The topological polar surface area (TPSA) is 58.1 Å². The van der Waals surface area contributed by atoms with E-state index in [9.17, 15) is 0 Å². The molecule has 1 atom stereocenters. The van der Waals surface area contributed by atoms with Crippen LogP contribution < -0.4 is 20.1 Å². The van der Waals surface area contributed by atoms with Crippen LogP contribution in [-0.4, -0.2) is 52.3 Å². The highest BCUT2D eigenvalue weighted by atomic mass is 16.5. The van der Waals surface area contributed by atoms with Gasteiger partial charge in [-0.2, -0.15) is 0 Å². The molecule has 2 N–H and O–H groups in total. The maximum Gasteiger partial charge on any atom is 0.191 e. The van der Waals surface area contributed by atoms with Crippen LogP contribution in [-0.2, 0) is 6.54 Å². The summed E-state index contributed by atoms with van der Waals surface area (Å²) in [4.78, 5) is 6.91. The number of rotatable bonds is 9. The van der Waals surface area contributed by atoms with Gasteiger partial charge in [0.25, 0.3) is 0 Å². The number of benzene rings is 2. The van der Waals surface area contributed by atoms with Crippen molar-refractivity contribution in [2.24, 2.45) is 4.99 Å². The first-order chi connectivity index (χ1) is 13.6. The van der Waals surface area contributed by atoms with E-state index in [2.05, 4.69) is 48.7 Å². The van der Waals surface area contributed by atoms with Gasteiger partial charge in [-0.15, -0.1) is 0 Å². The molecule has 0 aliphatic carbocycles. The maximum atomic E-state index is 5.42. The lowest BCUT2D eigenvalue weighted by molar-refractivity contribution is 0.297. The summed E-state index contributed by atoms with van der Waals surface area (Å²) in [6.45, 7) is 4.12. The summed E-state index contributed by atoms with van der Waals surface area (Å²) in [5.41, 5.74) is 2.25. The van der Waals surface area contributed by atoms with Gasteiger partial charge in [-0.3, -0.25) is 0 Å². The second-order valence-electron chi connectivity index (χ2n) is 6.64. The zero-order valence-corrected chi connectivity index (χ0v) is 17.5. The largest absolute Gasteiger partial charge is 0.497 e. The van der Waals surface area contributed by atoms with Gasteiger partial charge in [-0.1, -0.05) is 30.3 Å². The molecule has 2 aromatic carbocycles. The van der Waals surface area contributed by atoms with Gasteiger partial charge in [0, 0.05) is 18.7 Å². The van der Waals surface area contributed by atoms with Gasteiger partial charge >= 0.3 is 0 Å². The average Bonchev–Trinajstić information content (AvgIpc) is 2.72. The third-order valence-electron chi connectivity index (χ3n) is 4.51. The Labute approximate surface area is 168 Å². The first-order valence-electron chi connectivity index (χ1n) is 9.53. The number of hydrogen-bond acceptors (Lipinski definition) is 4. The minimum atomic E-state index is 0.185. The molecule has 1 unspecified atom stereocenters. The number of nitrogens with zero attached hydrogens (tertiary/aromatic N) is 2. The van der Waals surface area contributed by atoms with Crippen LogP contribution in [0.4, 0.5) is 0 Å². The Morgan fingerprint density at radius 3 is 2.50 bits per heavy atom. The molecule has 2 rings (SSSR count). The summed E-state index contributed by atoms with van der Waals surface area (Å²) in [5, 5.41) is 6.77. The Hall–Kier alpha value is -2.73. The number of guanidine groups is 1. The van der Waals surface area contributed by atoms with Crippen molar-refractivity contribution in [2.75, 3.05) is 41.4 Å². The minimum absolute atomic E-state index is 0.185. The van der Waals surface area contributed by atoms with E-state index in [1.165, 1.54) is 5.56 Å². The van der Waals surface area contributed by atoms with Gasteiger partial charge in [0.1, 0.15) is 11.5 Å². The fourth-order valence-electron chi connectivity index (χ4n) is 2.98. The van der Waals surface area contributed by atoms with Gasteiger partial charge in [0.2, 0.25) is 0 Å². The van der Waals surface area contributed by atoms with E-state index >= 15 is 0 Å². The molecule has 0 aromatic heterocycles. The van der Waals surface area contributed by atoms with Gasteiger partial charge in [0.15, 0.2) is 5.96 Å². The SMILES string of the molecule is CCNC(=NCc1ccccc1OC)NCC(c1cccc(OC)c1)N(C)C. The van der Waals surface area contributed by atoms with Crippen LogP contribution in [0.15, 0.2) is 53.5 Å². The number of methoxy groups -OCH3 is 2. The highest BCUT2D eigenvalue weighted by Crippen LogP contribution is 2.22. The normalized spacial score (nSPS) is 12.6. The molecule has 2 aromatic rings. The summed E-state index contributed by atoms with van der Waals surface area (Å²) >= 11 is 0. The summed E-state index contributed by atoms with van der Waals surface area (Å²) in [6, 6.07) is 16.3. The van der Waals surface area contributed by atoms with Crippen molar-refractivity contribution in [3.63, 3.8) is 0 Å². The molecule has 0 aliphatic heterocycles. The van der Waals surface area contributed by atoms with Crippen molar-refractivity contribution in [1.82, 2.24) is 15.5 Å². The van der Waals surface area contributed by atoms with E-state index in [1.807, 2.05) is 36.4 Å². The number of hydrogen-bond donors (Lipinski definition) is 2. The number of likely N-dealkylation sites (N-methyl/N-ethyl adjacent to an activating group) is 1. The van der Waals surface area contributed by atoms with E-state index < -0.39 is 0 Å². The van der Waals surface area contributed by atoms with Crippen molar-refractivity contribution >= 4 is 5.96 Å². The van der Waals surface area contributed by atoms with Gasteiger partial charge < -0.3 is 25.0 Å². The maximum absolute atomic E-state index is 5.42. The monoisotopic (exact) mass is 384 g/mol. The molecule has 6 heteroatoms. The molecular formula is C22H32N4O2. The number of aliphatic imine (C=N–C) groups is 1.